The van der Waals surface area contributed by atoms with Crippen molar-refractivity contribution in [2.24, 2.45) is 5.41 Å². The molecule has 0 aromatic heterocycles. The second-order valence-corrected chi connectivity index (χ2v) is 7.10. The van der Waals surface area contributed by atoms with Gasteiger partial charge in [-0.1, -0.05) is 24.3 Å². The molecule has 3 rings (SSSR count). The van der Waals surface area contributed by atoms with Crippen molar-refractivity contribution in [2.45, 2.75) is 25.9 Å². The molecular formula is C21H24ClF2N3O2. The first-order valence-electron chi connectivity index (χ1n) is 9.21. The Morgan fingerprint density at radius 3 is 2.07 bits per heavy atom. The molecule has 1 saturated heterocycles. The summed E-state index contributed by atoms with van der Waals surface area (Å²) in [5, 5.41) is 8.71. The summed E-state index contributed by atoms with van der Waals surface area (Å²) >= 11 is 0. The lowest BCUT2D eigenvalue weighted by Crippen LogP contribution is -2.45. The van der Waals surface area contributed by atoms with Crippen molar-refractivity contribution in [3.05, 3.63) is 71.3 Å². The summed E-state index contributed by atoms with van der Waals surface area (Å²) in [6.45, 7) is 1.44. The van der Waals surface area contributed by atoms with E-state index in [4.69, 9.17) is 0 Å². The Hall–Kier alpha value is -2.51. The Morgan fingerprint density at radius 2 is 1.55 bits per heavy atom. The molecule has 1 heterocycles. The van der Waals surface area contributed by atoms with E-state index in [-0.39, 0.29) is 55.4 Å². The van der Waals surface area contributed by atoms with Crippen LogP contribution in [0.4, 0.5) is 8.78 Å². The van der Waals surface area contributed by atoms with Gasteiger partial charge < -0.3 is 16.0 Å². The second kappa shape index (κ2) is 10.3. The van der Waals surface area contributed by atoms with Crippen molar-refractivity contribution in [1.82, 2.24) is 16.0 Å². The van der Waals surface area contributed by atoms with E-state index in [2.05, 4.69) is 16.0 Å². The minimum atomic E-state index is -0.848. The van der Waals surface area contributed by atoms with Crippen LogP contribution in [0.5, 0.6) is 0 Å². The Balaban J connectivity index is 0.00000300. The predicted molar refractivity (Wildman–Crippen MR) is 108 cm³/mol. The highest BCUT2D eigenvalue weighted by molar-refractivity contribution is 5.89. The van der Waals surface area contributed by atoms with E-state index in [1.165, 1.54) is 24.3 Å². The van der Waals surface area contributed by atoms with Gasteiger partial charge in [-0.2, -0.15) is 0 Å². The lowest BCUT2D eigenvalue weighted by Gasteiger charge is -2.26. The van der Waals surface area contributed by atoms with Crippen LogP contribution in [0.25, 0.3) is 0 Å². The molecule has 3 N–H and O–H groups in total. The lowest BCUT2D eigenvalue weighted by atomic mass is 9.82. The SMILES string of the molecule is Cl.O=C(CC1(C(=O)NCc2cccc(F)c2)CCNC1)NCc1cccc(F)c1. The van der Waals surface area contributed by atoms with Crippen molar-refractivity contribution in [3.63, 3.8) is 0 Å². The van der Waals surface area contributed by atoms with Crippen LogP contribution in [0, 0.1) is 17.0 Å². The van der Waals surface area contributed by atoms with Crippen LogP contribution >= 0.6 is 12.4 Å². The van der Waals surface area contributed by atoms with Crippen LogP contribution in [-0.2, 0) is 22.7 Å². The molecular weight excluding hydrogens is 400 g/mol. The van der Waals surface area contributed by atoms with Crippen molar-refractivity contribution >= 4 is 24.2 Å². The zero-order valence-corrected chi connectivity index (χ0v) is 16.7. The monoisotopic (exact) mass is 423 g/mol. The summed E-state index contributed by atoms with van der Waals surface area (Å²) in [5.41, 5.74) is 0.465. The van der Waals surface area contributed by atoms with Gasteiger partial charge in [0.2, 0.25) is 11.8 Å². The quantitative estimate of drug-likeness (QED) is 0.641. The second-order valence-electron chi connectivity index (χ2n) is 7.10. The van der Waals surface area contributed by atoms with E-state index in [1.54, 1.807) is 24.3 Å². The van der Waals surface area contributed by atoms with Gasteiger partial charge in [0.1, 0.15) is 11.6 Å². The van der Waals surface area contributed by atoms with Gasteiger partial charge in [-0.15, -0.1) is 12.4 Å². The smallest absolute Gasteiger partial charge is 0.228 e. The van der Waals surface area contributed by atoms with Gasteiger partial charge in [0.25, 0.3) is 0 Å². The number of amides is 2. The van der Waals surface area contributed by atoms with Gasteiger partial charge in [-0.25, -0.2) is 8.78 Å². The summed E-state index contributed by atoms with van der Waals surface area (Å²) < 4.78 is 26.5. The summed E-state index contributed by atoms with van der Waals surface area (Å²) in [4.78, 5) is 25.2. The molecule has 0 spiro atoms. The molecule has 1 fully saturated rings. The molecule has 5 nitrogen and oxygen atoms in total. The number of carbonyl (C=O) groups is 2. The number of hydrogen-bond donors (Lipinski definition) is 3. The first-order valence-corrected chi connectivity index (χ1v) is 9.21. The summed E-state index contributed by atoms with van der Waals surface area (Å²) in [6.07, 6.45) is 0.569. The van der Waals surface area contributed by atoms with E-state index in [0.29, 0.717) is 30.6 Å². The zero-order chi connectivity index (χ0) is 20.0. The van der Waals surface area contributed by atoms with Gasteiger partial charge >= 0.3 is 0 Å². The van der Waals surface area contributed by atoms with E-state index >= 15 is 0 Å². The molecule has 0 radical (unpaired) electrons. The minimum Gasteiger partial charge on any atom is -0.352 e. The number of benzene rings is 2. The predicted octanol–water partition coefficient (Wildman–Crippen LogP) is 2.69. The molecule has 2 aromatic rings. The standard InChI is InChI=1S/C21H23F2N3O2.ClH/c22-17-5-1-3-15(9-17)12-25-19(27)11-21(7-8-24-14-21)20(28)26-13-16-4-2-6-18(23)10-16;/h1-6,9-10,24H,7-8,11-14H2,(H,25,27)(H,26,28);1H. The summed E-state index contributed by atoms with van der Waals surface area (Å²) in [7, 11) is 0. The van der Waals surface area contributed by atoms with Crippen molar-refractivity contribution in [1.29, 1.82) is 0 Å². The maximum absolute atomic E-state index is 13.3. The number of carbonyl (C=O) groups excluding carboxylic acids is 2. The molecule has 1 aliphatic heterocycles. The van der Waals surface area contributed by atoms with Gasteiger partial charge in [0, 0.05) is 26.1 Å². The Labute approximate surface area is 174 Å². The van der Waals surface area contributed by atoms with E-state index in [1.807, 2.05) is 0 Å². The highest BCUT2D eigenvalue weighted by Gasteiger charge is 2.42. The molecule has 8 heteroatoms. The largest absolute Gasteiger partial charge is 0.352 e. The molecule has 0 bridgehead atoms. The molecule has 2 amide bonds. The van der Waals surface area contributed by atoms with Crippen molar-refractivity contribution in [2.75, 3.05) is 13.1 Å². The molecule has 1 unspecified atom stereocenters. The Kier molecular flexibility index (Phi) is 8.10. The van der Waals surface area contributed by atoms with Gasteiger partial charge in [-0.05, 0) is 48.4 Å². The van der Waals surface area contributed by atoms with Crippen molar-refractivity contribution < 1.29 is 18.4 Å². The van der Waals surface area contributed by atoms with Crippen LogP contribution < -0.4 is 16.0 Å². The topological polar surface area (TPSA) is 70.2 Å². The molecule has 156 valence electrons. The third-order valence-corrected chi connectivity index (χ3v) is 4.95. The van der Waals surface area contributed by atoms with E-state index in [0.717, 1.165) is 0 Å². The highest BCUT2D eigenvalue weighted by Crippen LogP contribution is 2.30. The van der Waals surface area contributed by atoms with Crippen LogP contribution in [-0.4, -0.2) is 24.9 Å². The average molecular weight is 424 g/mol. The minimum absolute atomic E-state index is 0. The third-order valence-electron chi connectivity index (χ3n) is 4.95. The Morgan fingerprint density at radius 1 is 0.966 bits per heavy atom. The number of nitrogens with one attached hydrogen (secondary N) is 3. The lowest BCUT2D eigenvalue weighted by molar-refractivity contribution is -0.135. The number of hydrogen-bond acceptors (Lipinski definition) is 3. The van der Waals surface area contributed by atoms with Gasteiger partial charge in [-0.3, -0.25) is 9.59 Å². The van der Waals surface area contributed by atoms with Crippen molar-refractivity contribution in [3.8, 4) is 0 Å². The maximum Gasteiger partial charge on any atom is 0.228 e. The fourth-order valence-electron chi connectivity index (χ4n) is 3.40. The first-order chi connectivity index (χ1) is 13.5. The molecule has 1 aliphatic rings. The molecule has 29 heavy (non-hydrogen) atoms. The molecule has 0 aliphatic carbocycles. The van der Waals surface area contributed by atoms with E-state index in [9.17, 15) is 18.4 Å². The summed E-state index contributed by atoms with van der Waals surface area (Å²) in [6, 6.07) is 12.0. The van der Waals surface area contributed by atoms with Gasteiger partial charge in [0.15, 0.2) is 0 Å². The Bertz CT molecular complexity index is 857. The number of halogens is 3. The normalized spacial score (nSPS) is 18.0. The maximum atomic E-state index is 13.3. The molecule has 1 atom stereocenters. The fourth-order valence-corrected chi connectivity index (χ4v) is 3.40. The highest BCUT2D eigenvalue weighted by atomic mass is 35.5. The fraction of sp³-hybridized carbons (Fsp3) is 0.333. The molecule has 2 aromatic carbocycles. The van der Waals surface area contributed by atoms with Crippen LogP contribution in [0.3, 0.4) is 0 Å². The van der Waals surface area contributed by atoms with Crippen LogP contribution in [0.2, 0.25) is 0 Å². The number of rotatable bonds is 7. The van der Waals surface area contributed by atoms with Gasteiger partial charge in [0.05, 0.1) is 5.41 Å². The van der Waals surface area contributed by atoms with E-state index < -0.39 is 5.41 Å². The third kappa shape index (κ3) is 6.24. The first kappa shape index (κ1) is 22.8. The molecule has 0 saturated carbocycles. The summed E-state index contributed by atoms with van der Waals surface area (Å²) in [5.74, 6) is -1.22. The average Bonchev–Trinajstić information content (AvgIpc) is 3.14. The van der Waals surface area contributed by atoms with Crippen LogP contribution in [0.15, 0.2) is 48.5 Å². The van der Waals surface area contributed by atoms with Crippen LogP contribution in [0.1, 0.15) is 24.0 Å². The zero-order valence-electron chi connectivity index (χ0n) is 15.8.